The third-order valence-corrected chi connectivity index (χ3v) is 3.12. The molecule has 0 heterocycles. The highest BCUT2D eigenvalue weighted by Crippen LogP contribution is 2.20. The molecule has 1 aromatic carbocycles. The minimum atomic E-state index is -1.03. The van der Waals surface area contributed by atoms with Crippen LogP contribution in [0.2, 0.25) is 5.02 Å². The summed E-state index contributed by atoms with van der Waals surface area (Å²) in [5.41, 5.74) is 1.09. The van der Waals surface area contributed by atoms with Crippen LogP contribution in [0.15, 0.2) is 18.2 Å². The van der Waals surface area contributed by atoms with Crippen molar-refractivity contribution >= 4 is 23.5 Å². The normalized spacial score (nSPS) is 11.9. The minimum absolute atomic E-state index is 0.305. The van der Waals surface area contributed by atoms with Crippen LogP contribution in [0.25, 0.3) is 0 Å². The Balaban J connectivity index is 2.87. The smallest absolute Gasteiger partial charge is 0.326 e. The maximum absolute atomic E-state index is 11.9. The number of carbonyl (C=O) groups excluding carboxylic acids is 1. The van der Waals surface area contributed by atoms with E-state index in [9.17, 15) is 9.59 Å². The van der Waals surface area contributed by atoms with E-state index in [1.807, 2.05) is 6.92 Å². The average Bonchev–Trinajstić information content (AvgIpc) is 2.31. The lowest BCUT2D eigenvalue weighted by Gasteiger charge is -2.14. The Morgan fingerprint density at radius 1 is 1.44 bits per heavy atom. The minimum Gasteiger partial charge on any atom is -0.480 e. The van der Waals surface area contributed by atoms with Gasteiger partial charge >= 0.3 is 5.97 Å². The van der Waals surface area contributed by atoms with E-state index in [1.54, 1.807) is 25.1 Å². The highest BCUT2D eigenvalue weighted by Gasteiger charge is 2.21. The van der Waals surface area contributed by atoms with Crippen molar-refractivity contribution in [1.29, 1.82) is 0 Å². The Labute approximate surface area is 111 Å². The van der Waals surface area contributed by atoms with Crippen LogP contribution in [-0.4, -0.2) is 23.0 Å². The SMILES string of the molecule is CCC[C@@H](NC(=O)c1cccc(C)c1Cl)C(=O)O. The molecule has 1 rings (SSSR count). The molecule has 0 unspecified atom stereocenters. The summed E-state index contributed by atoms with van der Waals surface area (Å²) < 4.78 is 0. The fourth-order valence-corrected chi connectivity index (χ4v) is 1.82. The first-order valence-corrected chi connectivity index (χ1v) is 6.14. The molecule has 1 amide bonds. The van der Waals surface area contributed by atoms with Gasteiger partial charge in [-0.05, 0) is 25.0 Å². The van der Waals surface area contributed by atoms with Gasteiger partial charge in [0, 0.05) is 0 Å². The third-order valence-electron chi connectivity index (χ3n) is 2.62. The lowest BCUT2D eigenvalue weighted by Crippen LogP contribution is -2.40. The Kier molecular flexibility index (Phi) is 5.16. The molecule has 0 radical (unpaired) electrons. The van der Waals surface area contributed by atoms with Crippen molar-refractivity contribution in [2.24, 2.45) is 0 Å². The molecule has 0 aliphatic rings. The van der Waals surface area contributed by atoms with Crippen molar-refractivity contribution in [1.82, 2.24) is 5.32 Å². The number of aliphatic carboxylic acids is 1. The summed E-state index contributed by atoms with van der Waals surface area (Å²) in [6, 6.07) is 4.21. The maximum Gasteiger partial charge on any atom is 0.326 e. The summed E-state index contributed by atoms with van der Waals surface area (Å²) in [6.45, 7) is 3.65. The zero-order chi connectivity index (χ0) is 13.7. The zero-order valence-corrected chi connectivity index (χ0v) is 11.1. The van der Waals surface area contributed by atoms with Gasteiger partial charge in [-0.3, -0.25) is 4.79 Å². The molecule has 0 aromatic heterocycles. The van der Waals surface area contributed by atoms with Gasteiger partial charge in [0.1, 0.15) is 6.04 Å². The van der Waals surface area contributed by atoms with Crippen molar-refractivity contribution in [3.05, 3.63) is 34.3 Å². The van der Waals surface area contributed by atoms with Crippen molar-refractivity contribution in [2.45, 2.75) is 32.7 Å². The van der Waals surface area contributed by atoms with Crippen LogP contribution in [-0.2, 0) is 4.79 Å². The number of halogens is 1. The van der Waals surface area contributed by atoms with Crippen molar-refractivity contribution < 1.29 is 14.7 Å². The average molecular weight is 270 g/mol. The van der Waals surface area contributed by atoms with Gasteiger partial charge in [0.25, 0.3) is 5.91 Å². The number of carbonyl (C=O) groups is 2. The van der Waals surface area contributed by atoms with Gasteiger partial charge in [-0.15, -0.1) is 0 Å². The number of hydrogen-bond acceptors (Lipinski definition) is 2. The fraction of sp³-hybridized carbons (Fsp3) is 0.385. The van der Waals surface area contributed by atoms with Crippen LogP contribution in [0, 0.1) is 6.92 Å². The molecule has 0 saturated heterocycles. The monoisotopic (exact) mass is 269 g/mol. The quantitative estimate of drug-likeness (QED) is 0.863. The number of rotatable bonds is 5. The van der Waals surface area contributed by atoms with Gasteiger partial charge < -0.3 is 10.4 Å². The molecule has 4 nitrogen and oxygen atoms in total. The van der Waals surface area contributed by atoms with E-state index < -0.39 is 17.9 Å². The summed E-state index contributed by atoms with van der Waals surface area (Å²) in [6.07, 6.45) is 1.07. The van der Waals surface area contributed by atoms with Crippen LogP contribution < -0.4 is 5.32 Å². The molecule has 0 aliphatic carbocycles. The predicted octanol–water partition coefficient (Wildman–Crippen LogP) is 2.63. The third kappa shape index (κ3) is 3.47. The molecule has 5 heteroatoms. The second-order valence-electron chi connectivity index (χ2n) is 4.09. The standard InChI is InChI=1S/C13H16ClNO3/c1-3-5-10(13(17)18)15-12(16)9-7-4-6-8(2)11(9)14/h4,6-7,10H,3,5H2,1-2H3,(H,15,16)(H,17,18)/t10-/m1/s1. The molecule has 0 bridgehead atoms. The highest BCUT2D eigenvalue weighted by molar-refractivity contribution is 6.34. The van der Waals surface area contributed by atoms with Gasteiger partial charge in [-0.25, -0.2) is 4.79 Å². The topological polar surface area (TPSA) is 66.4 Å². The summed E-state index contributed by atoms with van der Waals surface area (Å²) in [5.74, 6) is -1.49. The van der Waals surface area contributed by atoms with E-state index in [-0.39, 0.29) is 0 Å². The second kappa shape index (κ2) is 6.40. The Morgan fingerprint density at radius 2 is 2.11 bits per heavy atom. The molecule has 98 valence electrons. The van der Waals surface area contributed by atoms with E-state index in [0.29, 0.717) is 23.4 Å². The number of carboxylic acid groups (broad SMARTS) is 1. The molecule has 2 N–H and O–H groups in total. The first-order valence-electron chi connectivity index (χ1n) is 5.76. The van der Waals surface area contributed by atoms with Gasteiger partial charge in [0.05, 0.1) is 10.6 Å². The summed E-state index contributed by atoms with van der Waals surface area (Å²) in [7, 11) is 0. The number of nitrogens with one attached hydrogen (secondary N) is 1. The van der Waals surface area contributed by atoms with Gasteiger partial charge in [-0.1, -0.05) is 37.1 Å². The van der Waals surface area contributed by atoms with Crippen molar-refractivity contribution in [3.8, 4) is 0 Å². The molecule has 0 fully saturated rings. The number of hydrogen-bond donors (Lipinski definition) is 2. The molecule has 0 aliphatic heterocycles. The summed E-state index contributed by atoms with van der Waals surface area (Å²) >= 11 is 6.02. The number of amides is 1. The molecule has 1 atom stereocenters. The number of benzene rings is 1. The molecule has 0 spiro atoms. The largest absolute Gasteiger partial charge is 0.480 e. The predicted molar refractivity (Wildman–Crippen MR) is 70.0 cm³/mol. The molecular formula is C13H16ClNO3. The van der Waals surface area contributed by atoms with E-state index in [2.05, 4.69) is 5.32 Å². The van der Waals surface area contributed by atoms with Crippen molar-refractivity contribution in [3.63, 3.8) is 0 Å². The van der Waals surface area contributed by atoms with Crippen LogP contribution in [0.1, 0.15) is 35.7 Å². The van der Waals surface area contributed by atoms with Gasteiger partial charge in [0.15, 0.2) is 0 Å². The van der Waals surface area contributed by atoms with Gasteiger partial charge in [0.2, 0.25) is 0 Å². The lowest BCUT2D eigenvalue weighted by molar-refractivity contribution is -0.139. The van der Waals surface area contributed by atoms with Crippen LogP contribution in [0.4, 0.5) is 0 Å². The second-order valence-corrected chi connectivity index (χ2v) is 4.47. The molecule has 1 aromatic rings. The highest BCUT2D eigenvalue weighted by atomic mass is 35.5. The molecular weight excluding hydrogens is 254 g/mol. The Morgan fingerprint density at radius 3 is 2.67 bits per heavy atom. The van der Waals surface area contributed by atoms with Gasteiger partial charge in [-0.2, -0.15) is 0 Å². The first-order chi connectivity index (χ1) is 8.47. The van der Waals surface area contributed by atoms with Crippen molar-refractivity contribution in [2.75, 3.05) is 0 Å². The van der Waals surface area contributed by atoms with Crippen LogP contribution in [0.3, 0.4) is 0 Å². The fourth-order valence-electron chi connectivity index (χ4n) is 1.60. The number of aryl methyl sites for hydroxylation is 1. The van der Waals surface area contributed by atoms with E-state index >= 15 is 0 Å². The van der Waals surface area contributed by atoms with E-state index in [0.717, 1.165) is 5.56 Å². The Hall–Kier alpha value is -1.55. The Bertz CT molecular complexity index is 460. The van der Waals surface area contributed by atoms with E-state index in [1.165, 1.54) is 0 Å². The lowest BCUT2D eigenvalue weighted by atomic mass is 10.1. The summed E-state index contributed by atoms with van der Waals surface area (Å²) in [4.78, 5) is 22.9. The zero-order valence-electron chi connectivity index (χ0n) is 10.4. The number of carboxylic acids is 1. The van der Waals surface area contributed by atoms with E-state index in [4.69, 9.17) is 16.7 Å². The molecule has 18 heavy (non-hydrogen) atoms. The first kappa shape index (κ1) is 14.5. The van der Waals surface area contributed by atoms with Crippen LogP contribution in [0.5, 0.6) is 0 Å². The molecule has 0 saturated carbocycles. The summed E-state index contributed by atoms with van der Waals surface area (Å²) in [5, 5.41) is 11.8. The van der Waals surface area contributed by atoms with Crippen LogP contribution >= 0.6 is 11.6 Å². The maximum atomic E-state index is 11.9.